The number of nitrogens with one attached hydrogen (secondary N) is 1. The van der Waals surface area contributed by atoms with Crippen molar-refractivity contribution in [2.24, 2.45) is 5.41 Å². The second-order valence-corrected chi connectivity index (χ2v) is 6.51. The summed E-state index contributed by atoms with van der Waals surface area (Å²) in [5.41, 5.74) is 1.62. The minimum absolute atomic E-state index is 0.362. The van der Waals surface area contributed by atoms with Gasteiger partial charge in [-0.05, 0) is 25.3 Å². The molecule has 1 aromatic heterocycles. The SMILES string of the molecule is CCNC(C)c1csc(N2CCC(C)(C)C2)n1. The zero-order valence-corrected chi connectivity index (χ0v) is 12.1. The van der Waals surface area contributed by atoms with Gasteiger partial charge in [0.25, 0.3) is 0 Å². The topological polar surface area (TPSA) is 28.2 Å². The Bertz CT molecular complexity index is 372. The molecule has 0 amide bonds. The van der Waals surface area contributed by atoms with Gasteiger partial charge in [0.2, 0.25) is 0 Å². The summed E-state index contributed by atoms with van der Waals surface area (Å²) in [4.78, 5) is 7.18. The number of hydrogen-bond donors (Lipinski definition) is 1. The second kappa shape index (κ2) is 4.94. The van der Waals surface area contributed by atoms with Gasteiger partial charge in [-0.2, -0.15) is 0 Å². The van der Waals surface area contributed by atoms with E-state index in [0.717, 1.165) is 19.6 Å². The highest BCUT2D eigenvalue weighted by Crippen LogP contribution is 2.34. The van der Waals surface area contributed by atoms with E-state index in [1.54, 1.807) is 11.3 Å². The van der Waals surface area contributed by atoms with Crippen molar-refractivity contribution in [2.75, 3.05) is 24.5 Å². The van der Waals surface area contributed by atoms with Crippen LogP contribution in [-0.2, 0) is 0 Å². The predicted octanol–water partition coefficient (Wildman–Crippen LogP) is 3.05. The van der Waals surface area contributed by atoms with Crippen LogP contribution in [0.4, 0.5) is 5.13 Å². The normalized spacial score (nSPS) is 20.8. The van der Waals surface area contributed by atoms with E-state index in [0.29, 0.717) is 11.5 Å². The molecule has 1 N–H and O–H groups in total. The number of aromatic nitrogens is 1. The molecule has 1 aromatic rings. The molecule has 0 aromatic carbocycles. The fourth-order valence-electron chi connectivity index (χ4n) is 2.31. The van der Waals surface area contributed by atoms with Gasteiger partial charge in [0, 0.05) is 24.5 Å². The highest BCUT2D eigenvalue weighted by molar-refractivity contribution is 7.13. The van der Waals surface area contributed by atoms with Gasteiger partial charge in [-0.1, -0.05) is 20.8 Å². The van der Waals surface area contributed by atoms with Crippen LogP contribution in [-0.4, -0.2) is 24.6 Å². The van der Waals surface area contributed by atoms with Gasteiger partial charge in [-0.25, -0.2) is 4.98 Å². The summed E-state index contributed by atoms with van der Waals surface area (Å²) in [5, 5.41) is 6.79. The Balaban J connectivity index is 2.04. The highest BCUT2D eigenvalue weighted by atomic mass is 32.1. The largest absolute Gasteiger partial charge is 0.348 e. The van der Waals surface area contributed by atoms with Crippen LogP contribution in [0, 0.1) is 5.41 Å². The van der Waals surface area contributed by atoms with E-state index in [1.807, 2.05) is 0 Å². The maximum Gasteiger partial charge on any atom is 0.185 e. The molecule has 1 unspecified atom stereocenters. The summed E-state index contributed by atoms with van der Waals surface area (Å²) in [5.74, 6) is 0. The maximum atomic E-state index is 4.76. The van der Waals surface area contributed by atoms with E-state index < -0.39 is 0 Å². The molecule has 3 nitrogen and oxygen atoms in total. The van der Waals surface area contributed by atoms with Crippen LogP contribution in [0.1, 0.15) is 45.9 Å². The number of anilines is 1. The lowest BCUT2D eigenvalue weighted by atomic mass is 9.93. The summed E-state index contributed by atoms with van der Waals surface area (Å²) in [6.07, 6.45) is 1.27. The average molecular weight is 253 g/mol. The van der Waals surface area contributed by atoms with E-state index in [-0.39, 0.29) is 0 Å². The van der Waals surface area contributed by atoms with Crippen molar-refractivity contribution in [1.29, 1.82) is 0 Å². The van der Waals surface area contributed by atoms with Gasteiger partial charge >= 0.3 is 0 Å². The minimum atomic E-state index is 0.362. The second-order valence-electron chi connectivity index (χ2n) is 5.67. The third-order valence-electron chi connectivity index (χ3n) is 3.41. The monoisotopic (exact) mass is 253 g/mol. The molecule has 17 heavy (non-hydrogen) atoms. The first-order chi connectivity index (χ1) is 8.02. The number of nitrogens with zero attached hydrogens (tertiary/aromatic N) is 2. The molecule has 1 aliphatic rings. The van der Waals surface area contributed by atoms with Crippen molar-refractivity contribution in [3.63, 3.8) is 0 Å². The predicted molar refractivity (Wildman–Crippen MR) is 74.8 cm³/mol. The molecule has 0 radical (unpaired) electrons. The molecule has 1 atom stereocenters. The highest BCUT2D eigenvalue weighted by Gasteiger charge is 2.30. The molecule has 4 heteroatoms. The molecule has 2 heterocycles. The van der Waals surface area contributed by atoms with Crippen molar-refractivity contribution in [1.82, 2.24) is 10.3 Å². The lowest BCUT2D eigenvalue weighted by Gasteiger charge is -2.18. The number of rotatable bonds is 4. The first-order valence-corrected chi connectivity index (χ1v) is 7.33. The van der Waals surface area contributed by atoms with Crippen molar-refractivity contribution < 1.29 is 0 Å². The van der Waals surface area contributed by atoms with Gasteiger partial charge < -0.3 is 10.2 Å². The summed E-state index contributed by atoms with van der Waals surface area (Å²) in [7, 11) is 0. The molecule has 0 spiro atoms. The summed E-state index contributed by atoms with van der Waals surface area (Å²) in [6, 6.07) is 0.362. The van der Waals surface area contributed by atoms with Crippen molar-refractivity contribution in [2.45, 2.75) is 40.2 Å². The van der Waals surface area contributed by atoms with Crippen molar-refractivity contribution in [3.05, 3.63) is 11.1 Å². The maximum absolute atomic E-state index is 4.76. The molecule has 0 saturated carbocycles. The fraction of sp³-hybridized carbons (Fsp3) is 0.769. The standard InChI is InChI=1S/C13H23N3S/c1-5-14-10(2)11-8-17-12(15-11)16-7-6-13(3,4)9-16/h8,10,14H,5-7,9H2,1-4H3. The molecule has 1 aliphatic heterocycles. The third-order valence-corrected chi connectivity index (χ3v) is 4.33. The fourth-order valence-corrected chi connectivity index (χ4v) is 3.25. The Morgan fingerprint density at radius 1 is 1.59 bits per heavy atom. The average Bonchev–Trinajstić information content (AvgIpc) is 2.84. The van der Waals surface area contributed by atoms with Crippen LogP contribution in [0.5, 0.6) is 0 Å². The van der Waals surface area contributed by atoms with Crippen LogP contribution in [0.2, 0.25) is 0 Å². The van der Waals surface area contributed by atoms with Crippen LogP contribution >= 0.6 is 11.3 Å². The van der Waals surface area contributed by atoms with Crippen molar-refractivity contribution >= 4 is 16.5 Å². The number of thiazole rings is 1. The van der Waals surface area contributed by atoms with Crippen molar-refractivity contribution in [3.8, 4) is 0 Å². The zero-order valence-electron chi connectivity index (χ0n) is 11.3. The van der Waals surface area contributed by atoms with Gasteiger partial charge in [0.15, 0.2) is 5.13 Å². The molecule has 0 bridgehead atoms. The first-order valence-electron chi connectivity index (χ1n) is 6.45. The minimum Gasteiger partial charge on any atom is -0.348 e. The van der Waals surface area contributed by atoms with Gasteiger partial charge in [0.1, 0.15) is 0 Å². The summed E-state index contributed by atoms with van der Waals surface area (Å²) < 4.78 is 0. The van der Waals surface area contributed by atoms with Gasteiger partial charge in [-0.3, -0.25) is 0 Å². The van der Waals surface area contributed by atoms with Crippen LogP contribution in [0.15, 0.2) is 5.38 Å². The molecule has 0 aliphatic carbocycles. The first kappa shape index (κ1) is 12.8. The number of hydrogen-bond acceptors (Lipinski definition) is 4. The molecule has 2 rings (SSSR count). The smallest absolute Gasteiger partial charge is 0.185 e. The van der Waals surface area contributed by atoms with E-state index in [2.05, 4.69) is 43.3 Å². The molecular weight excluding hydrogens is 230 g/mol. The molecule has 1 saturated heterocycles. The van der Waals surface area contributed by atoms with Gasteiger partial charge in [-0.15, -0.1) is 11.3 Å². The quantitative estimate of drug-likeness (QED) is 0.894. The Morgan fingerprint density at radius 3 is 2.94 bits per heavy atom. The molecule has 1 fully saturated rings. The Morgan fingerprint density at radius 2 is 2.35 bits per heavy atom. The lowest BCUT2D eigenvalue weighted by Crippen LogP contribution is -2.23. The summed E-state index contributed by atoms with van der Waals surface area (Å²) in [6.45, 7) is 12.3. The van der Waals surface area contributed by atoms with E-state index in [9.17, 15) is 0 Å². The van der Waals surface area contributed by atoms with E-state index in [1.165, 1.54) is 17.2 Å². The Hall–Kier alpha value is -0.610. The van der Waals surface area contributed by atoms with Crippen LogP contribution in [0.25, 0.3) is 0 Å². The van der Waals surface area contributed by atoms with Crippen LogP contribution in [0.3, 0.4) is 0 Å². The van der Waals surface area contributed by atoms with Crippen LogP contribution < -0.4 is 10.2 Å². The van der Waals surface area contributed by atoms with E-state index in [4.69, 9.17) is 4.98 Å². The van der Waals surface area contributed by atoms with Gasteiger partial charge in [0.05, 0.1) is 5.69 Å². The Labute approximate surface area is 108 Å². The third kappa shape index (κ3) is 2.99. The molecular formula is C13H23N3S. The van der Waals surface area contributed by atoms with E-state index >= 15 is 0 Å². The zero-order chi connectivity index (χ0) is 12.5. The molecule has 96 valence electrons. The Kier molecular flexibility index (Phi) is 3.73. The lowest BCUT2D eigenvalue weighted by molar-refractivity contribution is 0.418. The summed E-state index contributed by atoms with van der Waals surface area (Å²) >= 11 is 1.78.